The van der Waals surface area contributed by atoms with Crippen LogP contribution in [-0.4, -0.2) is 36.8 Å². The van der Waals surface area contributed by atoms with Crippen LogP contribution in [0.5, 0.6) is 0 Å². The van der Waals surface area contributed by atoms with E-state index in [0.717, 1.165) is 37.3 Å². The number of fused-ring (bicyclic) bond motifs is 2. The Morgan fingerprint density at radius 2 is 2.00 bits per heavy atom. The van der Waals surface area contributed by atoms with Crippen molar-refractivity contribution in [3.8, 4) is 0 Å². The average Bonchev–Trinajstić information content (AvgIpc) is 2.89. The first kappa shape index (κ1) is 24.3. The lowest BCUT2D eigenvalue weighted by atomic mass is 10.0. The first-order valence-electron chi connectivity index (χ1n) is 12.3. The number of hydrogen-bond acceptors (Lipinski definition) is 7. The molecule has 0 amide bonds. The Labute approximate surface area is 215 Å². The SMILES string of the molecule is CCC(Nc1ccc2c(c1)Sc1cccc(C3CN(c4cc[nH]c(=O)c4)CCO3)c1S2)[C@@H](N)CC. The molecule has 1 fully saturated rings. The third-order valence-corrected chi connectivity index (χ3v) is 9.31. The number of nitrogens with two attached hydrogens (primary N) is 1. The van der Waals surface area contributed by atoms with Crippen LogP contribution in [0.1, 0.15) is 38.4 Å². The number of morpholine rings is 1. The first-order chi connectivity index (χ1) is 17.1. The molecule has 2 aliphatic rings. The Hall–Kier alpha value is -2.39. The van der Waals surface area contributed by atoms with Gasteiger partial charge < -0.3 is 25.7 Å². The molecule has 2 unspecified atom stereocenters. The Bertz CT molecular complexity index is 1250. The van der Waals surface area contributed by atoms with Crippen LogP contribution in [0.3, 0.4) is 0 Å². The van der Waals surface area contributed by atoms with Crippen LogP contribution in [0.4, 0.5) is 11.4 Å². The second-order valence-electron chi connectivity index (χ2n) is 8.99. The minimum absolute atomic E-state index is 0.0468. The lowest BCUT2D eigenvalue weighted by Crippen LogP contribution is -2.39. The molecule has 0 spiro atoms. The fourth-order valence-electron chi connectivity index (χ4n) is 4.68. The number of ether oxygens (including phenoxy) is 1. The summed E-state index contributed by atoms with van der Waals surface area (Å²) >= 11 is 3.64. The zero-order chi connectivity index (χ0) is 24.4. The third kappa shape index (κ3) is 5.26. The van der Waals surface area contributed by atoms with Crippen LogP contribution in [-0.2, 0) is 4.74 Å². The zero-order valence-corrected chi connectivity index (χ0v) is 21.8. The van der Waals surface area contributed by atoms with Gasteiger partial charge in [-0.3, -0.25) is 4.79 Å². The minimum atomic E-state index is -0.0815. The van der Waals surface area contributed by atoms with E-state index in [0.29, 0.717) is 6.61 Å². The Morgan fingerprint density at radius 1 is 1.11 bits per heavy atom. The Morgan fingerprint density at radius 3 is 2.80 bits per heavy atom. The lowest BCUT2D eigenvalue weighted by molar-refractivity contribution is 0.0379. The lowest BCUT2D eigenvalue weighted by Gasteiger charge is -2.36. The van der Waals surface area contributed by atoms with E-state index in [-0.39, 0.29) is 23.7 Å². The fraction of sp³-hybridized carbons (Fsp3) is 0.370. The highest BCUT2D eigenvalue weighted by Crippen LogP contribution is 2.51. The first-order valence-corrected chi connectivity index (χ1v) is 13.9. The molecule has 3 atom stereocenters. The number of nitrogens with one attached hydrogen (secondary N) is 2. The normalized spacial score (nSPS) is 18.9. The van der Waals surface area contributed by atoms with E-state index in [2.05, 4.69) is 65.4 Å². The van der Waals surface area contributed by atoms with Gasteiger partial charge in [-0.25, -0.2) is 0 Å². The molecule has 0 radical (unpaired) electrons. The standard InChI is InChI=1S/C27H32N4O2S2/c1-3-20(28)21(4-2)30-17-8-9-23-25(14-17)34-24-7-5-6-19(27(24)35-23)22-16-31(12-13-33-22)18-10-11-29-26(32)15-18/h5-11,14-15,20-22,30H,3-4,12-13,16,28H2,1-2H3,(H,29,32)/t20-,21?,22?/m0/s1. The molecule has 8 heteroatoms. The topological polar surface area (TPSA) is 83.4 Å². The second-order valence-corrected chi connectivity index (χ2v) is 11.1. The third-order valence-electron chi connectivity index (χ3n) is 6.70. The molecular formula is C27H32N4O2S2. The van der Waals surface area contributed by atoms with E-state index in [1.807, 2.05) is 29.6 Å². The summed E-state index contributed by atoms with van der Waals surface area (Å²) in [7, 11) is 0. The largest absolute Gasteiger partial charge is 0.381 e. The average molecular weight is 509 g/mol. The maximum absolute atomic E-state index is 11.8. The zero-order valence-electron chi connectivity index (χ0n) is 20.1. The maximum Gasteiger partial charge on any atom is 0.249 e. The van der Waals surface area contributed by atoms with Crippen molar-refractivity contribution in [3.05, 3.63) is 70.6 Å². The predicted octanol–water partition coefficient (Wildman–Crippen LogP) is 5.50. The molecule has 35 heavy (non-hydrogen) atoms. The van der Waals surface area contributed by atoms with Gasteiger partial charge in [-0.05, 0) is 48.7 Å². The van der Waals surface area contributed by atoms with Gasteiger partial charge in [0.1, 0.15) is 6.10 Å². The highest BCUT2D eigenvalue weighted by Gasteiger charge is 2.28. The Kier molecular flexibility index (Phi) is 7.43. The van der Waals surface area contributed by atoms with E-state index < -0.39 is 0 Å². The summed E-state index contributed by atoms with van der Waals surface area (Å²) < 4.78 is 6.24. The monoisotopic (exact) mass is 508 g/mol. The molecule has 2 aromatic carbocycles. The molecule has 3 heterocycles. The summed E-state index contributed by atoms with van der Waals surface area (Å²) in [5.41, 5.74) is 9.50. The van der Waals surface area contributed by atoms with Crippen molar-refractivity contribution in [1.29, 1.82) is 0 Å². The number of benzene rings is 2. The molecule has 5 rings (SSSR count). The molecular weight excluding hydrogens is 476 g/mol. The van der Waals surface area contributed by atoms with Crippen LogP contribution >= 0.6 is 23.5 Å². The van der Waals surface area contributed by atoms with Gasteiger partial charge in [-0.1, -0.05) is 49.5 Å². The van der Waals surface area contributed by atoms with Crippen molar-refractivity contribution in [2.75, 3.05) is 29.9 Å². The number of anilines is 2. The minimum Gasteiger partial charge on any atom is -0.381 e. The number of hydrogen-bond donors (Lipinski definition) is 3. The predicted molar refractivity (Wildman–Crippen MR) is 145 cm³/mol. The van der Waals surface area contributed by atoms with Crippen molar-refractivity contribution in [1.82, 2.24) is 4.98 Å². The van der Waals surface area contributed by atoms with Gasteiger partial charge in [0.15, 0.2) is 0 Å². The highest BCUT2D eigenvalue weighted by molar-refractivity contribution is 8.05. The van der Waals surface area contributed by atoms with Crippen LogP contribution < -0.4 is 21.5 Å². The summed E-state index contributed by atoms with van der Waals surface area (Å²) in [6.07, 6.45) is 3.61. The fourth-order valence-corrected chi connectivity index (χ4v) is 7.13. The summed E-state index contributed by atoms with van der Waals surface area (Å²) in [6, 6.07) is 17.1. The number of nitrogens with zero attached hydrogens (tertiary/aromatic N) is 1. The molecule has 0 saturated carbocycles. The van der Waals surface area contributed by atoms with Crippen LogP contribution in [0.2, 0.25) is 0 Å². The molecule has 0 bridgehead atoms. The highest BCUT2D eigenvalue weighted by atomic mass is 32.2. The number of aromatic amines is 1. The smallest absolute Gasteiger partial charge is 0.249 e. The summed E-state index contributed by atoms with van der Waals surface area (Å²) in [6.45, 7) is 6.44. The van der Waals surface area contributed by atoms with Gasteiger partial charge in [0.25, 0.3) is 0 Å². The van der Waals surface area contributed by atoms with Gasteiger partial charge in [-0.15, -0.1) is 0 Å². The molecule has 0 aliphatic carbocycles. The van der Waals surface area contributed by atoms with Gasteiger partial charge in [0.2, 0.25) is 5.56 Å². The number of aromatic nitrogens is 1. The molecule has 3 aromatic rings. The van der Waals surface area contributed by atoms with E-state index in [1.165, 1.54) is 25.1 Å². The van der Waals surface area contributed by atoms with E-state index >= 15 is 0 Å². The second kappa shape index (κ2) is 10.7. The quantitative estimate of drug-likeness (QED) is 0.304. The van der Waals surface area contributed by atoms with Gasteiger partial charge >= 0.3 is 0 Å². The molecule has 1 saturated heterocycles. The van der Waals surface area contributed by atoms with Crippen LogP contribution in [0, 0.1) is 0 Å². The molecule has 1 aromatic heterocycles. The van der Waals surface area contributed by atoms with E-state index in [4.69, 9.17) is 10.5 Å². The number of rotatable bonds is 7. The van der Waals surface area contributed by atoms with Gasteiger partial charge in [-0.2, -0.15) is 0 Å². The van der Waals surface area contributed by atoms with Crippen LogP contribution in [0.25, 0.3) is 0 Å². The van der Waals surface area contributed by atoms with E-state index in [1.54, 1.807) is 12.3 Å². The molecule has 4 N–H and O–H groups in total. The number of H-pyrrole nitrogens is 1. The van der Waals surface area contributed by atoms with Crippen LogP contribution in [0.15, 0.2) is 79.1 Å². The van der Waals surface area contributed by atoms with E-state index in [9.17, 15) is 4.79 Å². The Balaban J connectivity index is 1.37. The maximum atomic E-state index is 11.8. The van der Waals surface area contributed by atoms with Gasteiger partial charge in [0, 0.05) is 68.4 Å². The van der Waals surface area contributed by atoms with Crippen molar-refractivity contribution < 1.29 is 4.74 Å². The van der Waals surface area contributed by atoms with Crippen molar-refractivity contribution in [3.63, 3.8) is 0 Å². The summed E-state index contributed by atoms with van der Waals surface area (Å²) in [4.78, 5) is 21.8. The van der Waals surface area contributed by atoms with Gasteiger partial charge in [0.05, 0.1) is 6.61 Å². The summed E-state index contributed by atoms with van der Waals surface area (Å²) in [5, 5.41) is 3.64. The van der Waals surface area contributed by atoms with Crippen molar-refractivity contribution >= 4 is 34.9 Å². The van der Waals surface area contributed by atoms with Crippen molar-refractivity contribution in [2.24, 2.45) is 5.73 Å². The molecule has 184 valence electrons. The van der Waals surface area contributed by atoms with Crippen molar-refractivity contribution in [2.45, 2.75) is 64.5 Å². The summed E-state index contributed by atoms with van der Waals surface area (Å²) in [5.74, 6) is 0. The molecule has 2 aliphatic heterocycles. The number of pyridine rings is 1. The molecule has 6 nitrogen and oxygen atoms in total.